The lowest BCUT2D eigenvalue weighted by Gasteiger charge is -2.20. The van der Waals surface area contributed by atoms with Gasteiger partial charge in [0, 0.05) is 12.8 Å². The number of aliphatic hydroxyl groups excluding tert-OH is 1. The summed E-state index contributed by atoms with van der Waals surface area (Å²) in [6, 6.07) is -1.29. The summed E-state index contributed by atoms with van der Waals surface area (Å²) in [5.74, 6) is -1.23. The molecule has 0 aromatic rings. The van der Waals surface area contributed by atoms with Gasteiger partial charge < -0.3 is 10.2 Å². The third kappa shape index (κ3) is 36.3. The van der Waals surface area contributed by atoms with Crippen molar-refractivity contribution in [3.05, 3.63) is 24.3 Å². The van der Waals surface area contributed by atoms with Crippen molar-refractivity contribution in [2.75, 3.05) is 6.61 Å². The van der Waals surface area contributed by atoms with Gasteiger partial charge in [-0.2, -0.15) is 0 Å². The Morgan fingerprint density at radius 2 is 0.704 bits per heavy atom. The van der Waals surface area contributed by atoms with Gasteiger partial charge in [0.1, 0.15) is 14.1 Å². The summed E-state index contributed by atoms with van der Waals surface area (Å²) in [5, 5.41) is 21.7. The van der Waals surface area contributed by atoms with Crippen LogP contribution in [0, 0.1) is 0 Å². The Morgan fingerprint density at radius 3 is 0.963 bits per heavy atom. The van der Waals surface area contributed by atoms with E-state index in [9.17, 15) is 24.6 Å². The minimum atomic E-state index is -1.93. The number of carbonyl (C=O) groups excluding carboxylic acids is 2. The van der Waals surface area contributed by atoms with Crippen LogP contribution in [-0.2, 0) is 14.4 Å². The fraction of sp³-hybridized carbons (Fsp3) is 0.851. The summed E-state index contributed by atoms with van der Waals surface area (Å²) in [4.78, 5) is 37.8. The van der Waals surface area contributed by atoms with E-state index in [1.54, 1.807) is 0 Å². The van der Waals surface area contributed by atoms with Gasteiger partial charge in [0.2, 0.25) is 0 Å². The van der Waals surface area contributed by atoms with E-state index >= 15 is 0 Å². The molecule has 0 aromatic carbocycles. The normalized spacial score (nSPS) is 12.4. The Bertz CT molecular complexity index is 847. The molecular formula is C47H88NO5P. The Hall–Kier alpha value is -1.36. The second kappa shape index (κ2) is 42.8. The van der Waals surface area contributed by atoms with Crippen LogP contribution < -0.4 is 5.09 Å². The molecule has 0 amide bonds. The second-order valence-electron chi connectivity index (χ2n) is 15.8. The van der Waals surface area contributed by atoms with Crippen LogP contribution in [0.4, 0.5) is 0 Å². The molecule has 0 aliphatic heterocycles. The standard InChI is InChI=1S/C47H88NO5P/c1-3-5-7-9-11-13-15-17-19-21-23-25-27-29-31-33-35-37-39-41-45(50)54(48-44(43-49)47(52)53)46(51)42-40-38-36-34-32-30-28-26-24-22-20-18-16-14-12-10-8-6-4-2/h17-20,44,48-49H,3-16,21-43H2,1-2H3,(H,52,53)/b19-17-,20-18-. The maximum Gasteiger partial charge on any atom is 0.323 e. The molecule has 0 heterocycles. The smallest absolute Gasteiger partial charge is 0.323 e. The minimum absolute atomic E-state index is 0.177. The molecule has 0 rings (SSSR count). The number of hydrogen-bond acceptors (Lipinski definition) is 5. The van der Waals surface area contributed by atoms with E-state index in [1.807, 2.05) is 0 Å². The summed E-state index contributed by atoms with van der Waals surface area (Å²) in [6.07, 6.45) is 51.8. The molecule has 0 fully saturated rings. The Labute approximate surface area is 335 Å². The average molecular weight is 778 g/mol. The summed E-state index contributed by atoms with van der Waals surface area (Å²) < 4.78 is 0. The number of nitrogens with one attached hydrogen (secondary N) is 1. The lowest BCUT2D eigenvalue weighted by molar-refractivity contribution is -0.139. The summed E-state index contributed by atoms with van der Waals surface area (Å²) in [7, 11) is -1.93. The highest BCUT2D eigenvalue weighted by Gasteiger charge is 2.30. The van der Waals surface area contributed by atoms with Gasteiger partial charge in [0.15, 0.2) is 11.0 Å². The third-order valence-electron chi connectivity index (χ3n) is 10.6. The van der Waals surface area contributed by atoms with Gasteiger partial charge in [-0.1, -0.05) is 192 Å². The van der Waals surface area contributed by atoms with Crippen LogP contribution in [-0.4, -0.2) is 39.9 Å². The van der Waals surface area contributed by atoms with E-state index in [1.165, 1.54) is 180 Å². The number of aliphatic carboxylic acids is 1. The number of carboxylic acid groups (broad SMARTS) is 1. The first-order chi connectivity index (χ1) is 26.5. The van der Waals surface area contributed by atoms with Crippen LogP contribution >= 0.6 is 8.07 Å². The topological polar surface area (TPSA) is 104 Å². The van der Waals surface area contributed by atoms with Gasteiger partial charge in [-0.25, -0.2) is 0 Å². The molecule has 3 N–H and O–H groups in total. The van der Waals surface area contributed by atoms with Crippen molar-refractivity contribution in [2.45, 2.75) is 251 Å². The molecule has 0 bridgehead atoms. The first-order valence-corrected chi connectivity index (χ1v) is 24.6. The molecule has 0 saturated heterocycles. The third-order valence-corrected chi connectivity index (χ3v) is 12.6. The van der Waals surface area contributed by atoms with Crippen molar-refractivity contribution < 1.29 is 24.6 Å². The average Bonchev–Trinajstić information content (AvgIpc) is 3.16. The Kier molecular flexibility index (Phi) is 41.7. The molecule has 0 aliphatic carbocycles. The van der Waals surface area contributed by atoms with Gasteiger partial charge in [-0.15, -0.1) is 0 Å². The second-order valence-corrected chi connectivity index (χ2v) is 17.7. The Balaban J connectivity index is 4.00. The molecule has 1 atom stereocenters. The monoisotopic (exact) mass is 778 g/mol. The highest BCUT2D eigenvalue weighted by Crippen LogP contribution is 2.38. The fourth-order valence-electron chi connectivity index (χ4n) is 6.94. The van der Waals surface area contributed by atoms with Crippen LogP contribution in [0.15, 0.2) is 24.3 Å². The van der Waals surface area contributed by atoms with Crippen molar-refractivity contribution in [2.24, 2.45) is 0 Å². The van der Waals surface area contributed by atoms with Crippen LogP contribution in [0.2, 0.25) is 0 Å². The molecule has 7 heteroatoms. The maximum atomic E-state index is 13.1. The zero-order valence-corrected chi connectivity index (χ0v) is 36.5. The Morgan fingerprint density at radius 1 is 0.444 bits per heavy atom. The summed E-state index contributed by atoms with van der Waals surface area (Å²) in [6.45, 7) is 3.89. The number of hydrogen-bond donors (Lipinski definition) is 3. The number of rotatable bonds is 44. The lowest BCUT2D eigenvalue weighted by Crippen LogP contribution is -2.39. The van der Waals surface area contributed by atoms with Crippen molar-refractivity contribution >= 4 is 25.1 Å². The molecule has 316 valence electrons. The van der Waals surface area contributed by atoms with Gasteiger partial charge in [0.25, 0.3) is 0 Å². The molecular weight excluding hydrogens is 689 g/mol. The molecule has 0 radical (unpaired) electrons. The minimum Gasteiger partial charge on any atom is -0.480 e. The number of unbranched alkanes of at least 4 members (excludes halogenated alkanes) is 30. The number of aliphatic hydroxyl groups is 1. The lowest BCUT2D eigenvalue weighted by atomic mass is 10.1. The molecule has 0 aliphatic rings. The number of allylic oxidation sites excluding steroid dienone is 4. The van der Waals surface area contributed by atoms with Crippen molar-refractivity contribution in [3.63, 3.8) is 0 Å². The largest absolute Gasteiger partial charge is 0.480 e. The zero-order valence-electron chi connectivity index (χ0n) is 35.6. The van der Waals surface area contributed by atoms with Gasteiger partial charge in [-0.3, -0.25) is 19.5 Å². The van der Waals surface area contributed by atoms with Crippen LogP contribution in [0.5, 0.6) is 0 Å². The van der Waals surface area contributed by atoms with Crippen molar-refractivity contribution in [3.8, 4) is 0 Å². The highest BCUT2D eigenvalue weighted by molar-refractivity contribution is 7.87. The first kappa shape index (κ1) is 52.6. The van der Waals surface area contributed by atoms with E-state index in [4.69, 9.17) is 0 Å². The van der Waals surface area contributed by atoms with Gasteiger partial charge in [0.05, 0.1) is 6.61 Å². The summed E-state index contributed by atoms with van der Waals surface area (Å²) in [5.41, 5.74) is -0.354. The van der Waals surface area contributed by atoms with E-state index in [0.717, 1.165) is 38.5 Å². The molecule has 0 aromatic heterocycles. The maximum absolute atomic E-state index is 13.1. The quantitative estimate of drug-likeness (QED) is 0.0323. The van der Waals surface area contributed by atoms with Crippen LogP contribution in [0.1, 0.15) is 245 Å². The predicted octanol–water partition coefficient (Wildman–Crippen LogP) is 14.7. The van der Waals surface area contributed by atoms with E-state index in [0.29, 0.717) is 12.8 Å². The van der Waals surface area contributed by atoms with E-state index in [-0.39, 0.29) is 11.0 Å². The van der Waals surface area contributed by atoms with Crippen molar-refractivity contribution in [1.82, 2.24) is 5.09 Å². The first-order valence-electron chi connectivity index (χ1n) is 23.2. The number of carbonyl (C=O) groups is 3. The fourth-order valence-corrected chi connectivity index (χ4v) is 8.78. The van der Waals surface area contributed by atoms with E-state index in [2.05, 4.69) is 43.2 Å². The van der Waals surface area contributed by atoms with Crippen molar-refractivity contribution in [1.29, 1.82) is 0 Å². The molecule has 0 spiro atoms. The van der Waals surface area contributed by atoms with Crippen LogP contribution in [0.25, 0.3) is 0 Å². The highest BCUT2D eigenvalue weighted by atomic mass is 31.1. The van der Waals surface area contributed by atoms with E-state index < -0.39 is 26.7 Å². The summed E-state index contributed by atoms with van der Waals surface area (Å²) >= 11 is 0. The number of carboxylic acids is 1. The van der Waals surface area contributed by atoms with Gasteiger partial charge in [-0.05, 0) is 64.2 Å². The molecule has 1 unspecified atom stereocenters. The molecule has 0 saturated carbocycles. The molecule has 54 heavy (non-hydrogen) atoms. The van der Waals surface area contributed by atoms with Gasteiger partial charge >= 0.3 is 5.97 Å². The predicted molar refractivity (Wildman–Crippen MR) is 234 cm³/mol. The SMILES string of the molecule is CCCCCCCC/C=C\CCCCCCCCCCCC(=O)P(NC(CO)C(=O)O)C(=O)CCCCCCCCCCC/C=C\CCCCCCCC. The zero-order chi connectivity index (χ0) is 39.6. The van der Waals surface area contributed by atoms with Crippen LogP contribution in [0.3, 0.4) is 0 Å². The molecule has 6 nitrogen and oxygen atoms in total.